The number of anilines is 1. The maximum atomic E-state index is 13.3. The van der Waals surface area contributed by atoms with E-state index < -0.39 is 11.7 Å². The van der Waals surface area contributed by atoms with Crippen LogP contribution in [0.3, 0.4) is 0 Å². The molecule has 0 bridgehead atoms. The zero-order chi connectivity index (χ0) is 20.5. The Balaban J connectivity index is 1.86. The summed E-state index contributed by atoms with van der Waals surface area (Å²) < 4.78 is 42.1. The lowest BCUT2D eigenvalue weighted by molar-refractivity contribution is -0.137. The van der Waals surface area contributed by atoms with Gasteiger partial charge in [0.1, 0.15) is 0 Å². The van der Waals surface area contributed by atoms with Crippen molar-refractivity contribution in [2.75, 3.05) is 11.4 Å². The molecule has 0 aliphatic heterocycles. The molecule has 0 amide bonds. The molecule has 4 nitrogen and oxygen atoms in total. The van der Waals surface area contributed by atoms with Gasteiger partial charge in [0, 0.05) is 24.3 Å². The summed E-state index contributed by atoms with van der Waals surface area (Å²) in [5, 5.41) is 9.01. The van der Waals surface area contributed by atoms with Crippen LogP contribution < -0.4 is 4.90 Å². The van der Waals surface area contributed by atoms with Crippen LogP contribution >= 0.6 is 0 Å². The number of rotatable bonds is 5. The van der Waals surface area contributed by atoms with Crippen molar-refractivity contribution in [2.24, 2.45) is 0 Å². The number of imidazole rings is 1. The first-order valence-corrected chi connectivity index (χ1v) is 9.35. The molecular formula is C21H23F3N4. The van der Waals surface area contributed by atoms with Gasteiger partial charge in [-0.05, 0) is 57.4 Å². The van der Waals surface area contributed by atoms with Gasteiger partial charge in [0.2, 0.25) is 0 Å². The monoisotopic (exact) mass is 388 g/mol. The molecule has 2 aromatic rings. The van der Waals surface area contributed by atoms with Gasteiger partial charge < -0.3 is 9.47 Å². The summed E-state index contributed by atoms with van der Waals surface area (Å²) in [6.07, 6.45) is 2.75. The summed E-state index contributed by atoms with van der Waals surface area (Å²) in [6, 6.07) is 5.96. The molecule has 28 heavy (non-hydrogen) atoms. The summed E-state index contributed by atoms with van der Waals surface area (Å²) in [4.78, 5) is 6.23. The Hall–Kier alpha value is -2.75. The first kappa shape index (κ1) is 20.0. The molecule has 1 unspecified atom stereocenters. The molecule has 1 atom stereocenters. The van der Waals surface area contributed by atoms with Gasteiger partial charge >= 0.3 is 6.18 Å². The lowest BCUT2D eigenvalue weighted by atomic mass is 10.0. The molecular weight excluding hydrogens is 365 g/mol. The highest BCUT2D eigenvalue weighted by Gasteiger charge is 2.35. The molecule has 0 spiro atoms. The minimum Gasteiger partial charge on any atom is -0.368 e. The normalized spacial score (nSPS) is 16.9. The highest BCUT2D eigenvalue weighted by atomic mass is 19.4. The van der Waals surface area contributed by atoms with E-state index in [1.165, 1.54) is 11.6 Å². The molecule has 1 aromatic heterocycles. The van der Waals surface area contributed by atoms with Crippen molar-refractivity contribution in [3.8, 4) is 6.07 Å². The van der Waals surface area contributed by atoms with Crippen LogP contribution in [0.25, 0.3) is 5.57 Å². The average Bonchev–Trinajstić information content (AvgIpc) is 3.30. The van der Waals surface area contributed by atoms with Crippen molar-refractivity contribution in [3.05, 3.63) is 53.6 Å². The number of nitriles is 1. The second-order valence-corrected chi connectivity index (χ2v) is 7.23. The van der Waals surface area contributed by atoms with E-state index in [-0.39, 0.29) is 17.6 Å². The molecule has 0 fully saturated rings. The van der Waals surface area contributed by atoms with Crippen molar-refractivity contribution in [3.63, 3.8) is 0 Å². The lowest BCUT2D eigenvalue weighted by Gasteiger charge is -2.31. The molecule has 1 heterocycles. The van der Waals surface area contributed by atoms with E-state index in [0.717, 1.165) is 24.6 Å². The van der Waals surface area contributed by atoms with Crippen LogP contribution in [0.1, 0.15) is 56.5 Å². The predicted molar refractivity (Wildman–Crippen MR) is 103 cm³/mol. The largest absolute Gasteiger partial charge is 0.417 e. The SMILES string of the molecule is CCN(c1ccc(C#N)c(C(F)(F)F)c1)C1CC=C(c2cncn2C(C)C)C1. The van der Waals surface area contributed by atoms with Gasteiger partial charge in [-0.1, -0.05) is 6.08 Å². The third-order valence-electron chi connectivity index (χ3n) is 5.19. The molecule has 7 heteroatoms. The molecule has 3 rings (SSSR count). The van der Waals surface area contributed by atoms with Crippen molar-refractivity contribution in [1.29, 1.82) is 5.26 Å². The number of halogens is 3. The Kier molecular flexibility index (Phi) is 5.50. The zero-order valence-electron chi connectivity index (χ0n) is 16.2. The minimum absolute atomic E-state index is 0.0736. The number of benzene rings is 1. The fourth-order valence-electron chi connectivity index (χ4n) is 3.80. The number of aromatic nitrogens is 2. The van der Waals surface area contributed by atoms with E-state index in [1.807, 2.05) is 24.3 Å². The molecule has 148 valence electrons. The standard InChI is InChI=1S/C21H23F3N4/c1-4-27(18-8-6-16(11-25)19(10-18)21(22,23)24)17-7-5-15(9-17)20-12-26-13-28(20)14(2)3/h5-6,8,10,12-14,17H,4,7,9H2,1-3H3. The zero-order valence-corrected chi connectivity index (χ0v) is 16.2. The molecule has 0 N–H and O–H groups in total. The quantitative estimate of drug-likeness (QED) is 0.686. The summed E-state index contributed by atoms with van der Waals surface area (Å²) in [5.41, 5.74) is 1.49. The van der Waals surface area contributed by atoms with Gasteiger partial charge in [-0.3, -0.25) is 0 Å². The lowest BCUT2D eigenvalue weighted by Crippen LogP contribution is -2.33. The van der Waals surface area contributed by atoms with E-state index >= 15 is 0 Å². The fourth-order valence-corrected chi connectivity index (χ4v) is 3.80. The van der Waals surface area contributed by atoms with Crippen molar-refractivity contribution >= 4 is 11.3 Å². The average molecular weight is 388 g/mol. The van der Waals surface area contributed by atoms with Crippen molar-refractivity contribution in [2.45, 2.75) is 51.9 Å². The van der Waals surface area contributed by atoms with Crippen molar-refractivity contribution in [1.82, 2.24) is 9.55 Å². The Morgan fingerprint density at radius 3 is 2.71 bits per heavy atom. The van der Waals surface area contributed by atoms with Gasteiger partial charge in [0.15, 0.2) is 0 Å². The predicted octanol–water partition coefficient (Wildman–Crippen LogP) is 5.43. The number of nitrogens with zero attached hydrogens (tertiary/aromatic N) is 4. The van der Waals surface area contributed by atoms with Crippen molar-refractivity contribution < 1.29 is 13.2 Å². The first-order chi connectivity index (χ1) is 13.3. The van der Waals surface area contributed by atoms with Crippen LogP contribution in [0.15, 0.2) is 36.8 Å². The summed E-state index contributed by atoms with van der Waals surface area (Å²) >= 11 is 0. The van der Waals surface area contributed by atoms with E-state index in [0.29, 0.717) is 12.2 Å². The molecule has 0 radical (unpaired) electrons. The minimum atomic E-state index is -4.55. The van der Waals surface area contributed by atoms with Crippen LogP contribution in [0.5, 0.6) is 0 Å². The maximum absolute atomic E-state index is 13.3. The summed E-state index contributed by atoms with van der Waals surface area (Å²) in [7, 11) is 0. The van der Waals surface area contributed by atoms with E-state index in [1.54, 1.807) is 12.1 Å². The van der Waals surface area contributed by atoms with Gasteiger partial charge in [0.25, 0.3) is 0 Å². The first-order valence-electron chi connectivity index (χ1n) is 9.35. The fraction of sp³-hybridized carbons (Fsp3) is 0.429. The molecule has 1 aliphatic rings. The Bertz CT molecular complexity index is 918. The molecule has 0 saturated carbocycles. The Morgan fingerprint density at radius 2 is 2.11 bits per heavy atom. The van der Waals surface area contributed by atoms with E-state index in [2.05, 4.69) is 29.5 Å². The third kappa shape index (κ3) is 3.77. The number of alkyl halides is 3. The highest BCUT2D eigenvalue weighted by Crippen LogP contribution is 2.37. The topological polar surface area (TPSA) is 44.9 Å². The summed E-state index contributed by atoms with van der Waals surface area (Å²) in [6.45, 7) is 6.69. The highest BCUT2D eigenvalue weighted by molar-refractivity contribution is 5.67. The number of hydrogen-bond donors (Lipinski definition) is 0. The van der Waals surface area contributed by atoms with Crippen LogP contribution in [-0.4, -0.2) is 22.1 Å². The second-order valence-electron chi connectivity index (χ2n) is 7.23. The Morgan fingerprint density at radius 1 is 1.36 bits per heavy atom. The maximum Gasteiger partial charge on any atom is 0.417 e. The van der Waals surface area contributed by atoms with Gasteiger partial charge in [-0.2, -0.15) is 18.4 Å². The van der Waals surface area contributed by atoms with E-state index in [4.69, 9.17) is 5.26 Å². The number of hydrogen-bond acceptors (Lipinski definition) is 3. The Labute approximate surface area is 162 Å². The third-order valence-corrected chi connectivity index (χ3v) is 5.19. The molecule has 0 saturated heterocycles. The van der Waals surface area contributed by atoms with Crippen LogP contribution in [-0.2, 0) is 6.18 Å². The molecule has 1 aliphatic carbocycles. The smallest absolute Gasteiger partial charge is 0.368 e. The van der Waals surface area contributed by atoms with Crippen LogP contribution in [0.4, 0.5) is 18.9 Å². The second kappa shape index (κ2) is 7.70. The van der Waals surface area contributed by atoms with Gasteiger partial charge in [-0.15, -0.1) is 0 Å². The molecule has 1 aromatic carbocycles. The summed E-state index contributed by atoms with van der Waals surface area (Å²) in [5.74, 6) is 0. The van der Waals surface area contributed by atoms with Gasteiger partial charge in [-0.25, -0.2) is 4.98 Å². The van der Waals surface area contributed by atoms with Crippen LogP contribution in [0, 0.1) is 11.3 Å². The van der Waals surface area contributed by atoms with Gasteiger partial charge in [0.05, 0.1) is 35.4 Å². The van der Waals surface area contributed by atoms with E-state index in [9.17, 15) is 13.2 Å². The van der Waals surface area contributed by atoms with Crippen LogP contribution in [0.2, 0.25) is 0 Å².